The van der Waals surface area contributed by atoms with Crippen LogP contribution in [0.2, 0.25) is 0 Å². The minimum Gasteiger partial charge on any atom is -0.369 e. The summed E-state index contributed by atoms with van der Waals surface area (Å²) in [6, 6.07) is 4.23. The molecule has 3 aliphatic heterocycles. The third-order valence-corrected chi connectivity index (χ3v) is 8.53. The number of hydrogen-bond donors (Lipinski definition) is 1. The van der Waals surface area contributed by atoms with Crippen LogP contribution >= 0.6 is 0 Å². The summed E-state index contributed by atoms with van der Waals surface area (Å²) in [6.45, 7) is 3.58. The Hall–Kier alpha value is -3.14. The number of hydrogen-bond acceptors (Lipinski definition) is 7. The lowest BCUT2D eigenvalue weighted by Crippen LogP contribution is -2.46. The first-order chi connectivity index (χ1) is 17.9. The van der Waals surface area contributed by atoms with Gasteiger partial charge in [0.15, 0.2) is 5.78 Å². The van der Waals surface area contributed by atoms with Gasteiger partial charge in [-0.15, -0.1) is 0 Å². The summed E-state index contributed by atoms with van der Waals surface area (Å²) < 4.78 is 5.64. The number of amides is 2. The Bertz CT molecular complexity index is 1110. The molecule has 0 bridgehead atoms. The zero-order valence-electron chi connectivity index (χ0n) is 21.3. The number of carbonyl (C=O) groups excluding carboxylic acids is 3. The fourth-order valence-electron chi connectivity index (χ4n) is 6.55. The van der Waals surface area contributed by atoms with Crippen molar-refractivity contribution in [3.8, 4) is 0 Å². The largest absolute Gasteiger partial charge is 0.369 e. The molecule has 1 aromatic rings. The fourth-order valence-corrected chi connectivity index (χ4v) is 6.55. The molecule has 4 aliphatic rings. The van der Waals surface area contributed by atoms with Gasteiger partial charge in [-0.2, -0.15) is 0 Å². The lowest BCUT2D eigenvalue weighted by molar-refractivity contribution is -0.139. The molecule has 0 aromatic heterocycles. The van der Waals surface area contributed by atoms with E-state index < -0.39 is 30.0 Å². The first kappa shape index (κ1) is 25.5. The van der Waals surface area contributed by atoms with Crippen LogP contribution in [0.1, 0.15) is 53.9 Å². The minimum atomic E-state index is -0.771. The standard InChI is InChI=1S/C26H35N7O4/c1-31-9-11-32(12-10-31)17-7-8-18(25(27)35)19(13-17)22(16-5-3-2-4-6-16)26(36)33-14-20(29-30-28)24-23(33)21(34)15-37-24/h7-8,13,16,20,22-24H,2-6,9-12,14-15H2,1H3,(H2,27,35)/t20-,22+,23-,24-/m1/s1. The van der Waals surface area contributed by atoms with Crippen molar-refractivity contribution >= 4 is 23.3 Å². The van der Waals surface area contributed by atoms with E-state index in [4.69, 9.17) is 16.0 Å². The molecule has 4 atom stereocenters. The van der Waals surface area contributed by atoms with Crippen LogP contribution in [0, 0.1) is 5.92 Å². The number of rotatable bonds is 6. The number of Topliss-reactive ketones (excluding diaryl/α,β-unsaturated/α-hetero) is 1. The van der Waals surface area contributed by atoms with Crippen molar-refractivity contribution < 1.29 is 19.1 Å². The molecular formula is C26H35N7O4. The van der Waals surface area contributed by atoms with Gasteiger partial charge in [-0.25, -0.2) is 0 Å². The number of primary amides is 1. The molecule has 2 amide bonds. The molecular weight excluding hydrogens is 474 g/mol. The zero-order valence-corrected chi connectivity index (χ0v) is 21.3. The fraction of sp³-hybridized carbons (Fsp3) is 0.654. The van der Waals surface area contributed by atoms with E-state index in [0.29, 0.717) is 11.1 Å². The number of likely N-dealkylation sites (tertiary alicyclic amines) is 1. The van der Waals surface area contributed by atoms with Crippen LogP contribution < -0.4 is 10.6 Å². The summed E-state index contributed by atoms with van der Waals surface area (Å²) in [5, 5.41) is 3.83. The topological polar surface area (TPSA) is 145 Å². The molecule has 0 spiro atoms. The normalized spacial score (nSPS) is 27.6. The number of nitrogens with zero attached hydrogens (tertiary/aromatic N) is 6. The van der Waals surface area contributed by atoms with Crippen molar-refractivity contribution in [3.63, 3.8) is 0 Å². The number of anilines is 1. The highest BCUT2D eigenvalue weighted by atomic mass is 16.5. The molecule has 1 saturated carbocycles. The molecule has 0 radical (unpaired) electrons. The molecule has 11 nitrogen and oxygen atoms in total. The van der Waals surface area contributed by atoms with E-state index in [9.17, 15) is 14.4 Å². The number of carbonyl (C=O) groups is 3. The maximum atomic E-state index is 14.4. The predicted octanol–water partition coefficient (Wildman–Crippen LogP) is 2.06. The predicted molar refractivity (Wildman–Crippen MR) is 137 cm³/mol. The van der Waals surface area contributed by atoms with Crippen molar-refractivity contribution in [1.29, 1.82) is 0 Å². The van der Waals surface area contributed by atoms with Crippen LogP contribution in [0.15, 0.2) is 23.3 Å². The van der Waals surface area contributed by atoms with Crippen LogP contribution in [0.25, 0.3) is 10.4 Å². The number of fused-ring (bicyclic) bond motifs is 1. The van der Waals surface area contributed by atoms with Gasteiger partial charge in [0, 0.05) is 48.9 Å². The molecule has 2 N–H and O–H groups in total. The van der Waals surface area contributed by atoms with E-state index in [1.54, 1.807) is 11.0 Å². The van der Waals surface area contributed by atoms with Gasteiger partial charge in [-0.3, -0.25) is 14.4 Å². The Balaban J connectivity index is 1.55. The molecule has 1 aromatic carbocycles. The summed E-state index contributed by atoms with van der Waals surface area (Å²) in [5.74, 6) is -1.56. The van der Waals surface area contributed by atoms with E-state index in [2.05, 4.69) is 26.9 Å². The second-order valence-electron chi connectivity index (χ2n) is 10.8. The summed E-state index contributed by atoms with van der Waals surface area (Å²) in [6.07, 6.45) is 4.22. The molecule has 1 aliphatic carbocycles. The monoisotopic (exact) mass is 509 g/mol. The molecule has 3 heterocycles. The SMILES string of the molecule is CN1CCN(c2ccc(C(N)=O)c([C@@H](C(=O)N3C[C@@H](N=[N+]=[N-])[C@H]4OCC(=O)[C@H]43)C3CCCCC3)c2)CC1. The van der Waals surface area contributed by atoms with Crippen LogP contribution in [0.3, 0.4) is 0 Å². The van der Waals surface area contributed by atoms with E-state index >= 15 is 0 Å². The first-order valence-electron chi connectivity index (χ1n) is 13.2. The van der Waals surface area contributed by atoms with Crippen molar-refractivity contribution in [2.45, 2.75) is 56.2 Å². The summed E-state index contributed by atoms with van der Waals surface area (Å²) in [7, 11) is 2.09. The number of azide groups is 1. The molecule has 3 saturated heterocycles. The van der Waals surface area contributed by atoms with Gasteiger partial charge >= 0.3 is 0 Å². The van der Waals surface area contributed by atoms with E-state index in [1.165, 1.54) is 0 Å². The third kappa shape index (κ3) is 4.91. The van der Waals surface area contributed by atoms with Gasteiger partial charge in [0.1, 0.15) is 12.6 Å². The molecule has 5 rings (SSSR count). The second-order valence-corrected chi connectivity index (χ2v) is 10.8. The van der Waals surface area contributed by atoms with Gasteiger partial charge in [-0.05, 0) is 55.1 Å². The highest BCUT2D eigenvalue weighted by Gasteiger charge is 2.53. The van der Waals surface area contributed by atoms with Crippen molar-refractivity contribution in [2.75, 3.05) is 51.3 Å². The highest BCUT2D eigenvalue weighted by molar-refractivity contribution is 5.99. The maximum Gasteiger partial charge on any atom is 0.249 e. The quantitative estimate of drug-likeness (QED) is 0.353. The van der Waals surface area contributed by atoms with Crippen LogP contribution in [0.4, 0.5) is 5.69 Å². The average Bonchev–Trinajstić information content (AvgIpc) is 3.46. The van der Waals surface area contributed by atoms with Crippen LogP contribution in [-0.2, 0) is 14.3 Å². The van der Waals surface area contributed by atoms with E-state index in [-0.39, 0.29) is 30.8 Å². The molecule has 37 heavy (non-hydrogen) atoms. The van der Waals surface area contributed by atoms with Crippen LogP contribution in [0.5, 0.6) is 0 Å². The summed E-state index contributed by atoms with van der Waals surface area (Å²) >= 11 is 0. The number of benzene rings is 1. The lowest BCUT2D eigenvalue weighted by atomic mass is 9.74. The molecule has 11 heteroatoms. The van der Waals surface area contributed by atoms with Gasteiger partial charge < -0.3 is 25.2 Å². The van der Waals surface area contributed by atoms with Gasteiger partial charge in [-0.1, -0.05) is 24.4 Å². The molecule has 0 unspecified atom stereocenters. The van der Waals surface area contributed by atoms with Gasteiger partial charge in [0.25, 0.3) is 0 Å². The van der Waals surface area contributed by atoms with Gasteiger partial charge in [0.05, 0.1) is 18.1 Å². The van der Waals surface area contributed by atoms with Crippen molar-refractivity contribution in [3.05, 3.63) is 39.8 Å². The average molecular weight is 510 g/mol. The molecule has 4 fully saturated rings. The van der Waals surface area contributed by atoms with Crippen molar-refractivity contribution in [1.82, 2.24) is 9.80 Å². The summed E-state index contributed by atoms with van der Waals surface area (Å²) in [5.41, 5.74) is 16.8. The Labute approximate surface area is 216 Å². The maximum absolute atomic E-state index is 14.4. The highest BCUT2D eigenvalue weighted by Crippen LogP contribution is 2.42. The van der Waals surface area contributed by atoms with Gasteiger partial charge in [0.2, 0.25) is 11.8 Å². The first-order valence-corrected chi connectivity index (χ1v) is 13.2. The smallest absolute Gasteiger partial charge is 0.249 e. The Morgan fingerprint density at radius 2 is 1.89 bits per heavy atom. The number of ether oxygens (including phenoxy) is 1. The zero-order chi connectivity index (χ0) is 26.1. The number of nitrogens with two attached hydrogens (primary N) is 1. The number of ketones is 1. The number of piperazine rings is 1. The second kappa shape index (κ2) is 10.7. The Kier molecular flexibility index (Phi) is 7.37. The Morgan fingerprint density at radius 3 is 2.57 bits per heavy atom. The summed E-state index contributed by atoms with van der Waals surface area (Å²) in [4.78, 5) is 48.8. The van der Waals surface area contributed by atoms with Crippen molar-refractivity contribution in [2.24, 2.45) is 16.8 Å². The Morgan fingerprint density at radius 1 is 1.16 bits per heavy atom. The number of likely N-dealkylation sites (N-methyl/N-ethyl adjacent to an activating group) is 1. The lowest BCUT2D eigenvalue weighted by Gasteiger charge is -2.37. The minimum absolute atomic E-state index is 0.0245. The molecule has 198 valence electrons. The van der Waals surface area contributed by atoms with E-state index in [0.717, 1.165) is 64.0 Å². The van der Waals surface area contributed by atoms with Crippen LogP contribution in [-0.4, -0.2) is 92.0 Å². The van der Waals surface area contributed by atoms with E-state index in [1.807, 2.05) is 12.1 Å². The third-order valence-electron chi connectivity index (χ3n) is 8.53.